The molecule has 1 saturated heterocycles. The molecule has 1 atom stereocenters. The number of likely N-dealkylation sites (tertiary alicyclic amines) is 1. The van der Waals surface area contributed by atoms with Crippen LogP contribution in [0, 0.1) is 0 Å². The van der Waals surface area contributed by atoms with Crippen molar-refractivity contribution in [2.24, 2.45) is 0 Å². The molecule has 3 rings (SSSR count). The van der Waals surface area contributed by atoms with Crippen molar-refractivity contribution < 1.29 is 19.4 Å². The molecule has 27 heavy (non-hydrogen) atoms. The molecule has 7 heteroatoms. The van der Waals surface area contributed by atoms with Crippen LogP contribution < -0.4 is 14.8 Å². The number of aliphatic hydroxyl groups is 1. The molecule has 1 aromatic carbocycles. The lowest BCUT2D eigenvalue weighted by Gasteiger charge is -2.33. The van der Waals surface area contributed by atoms with E-state index in [1.54, 1.807) is 7.11 Å². The molecule has 1 unspecified atom stereocenters. The molecule has 2 aromatic rings. The van der Waals surface area contributed by atoms with Gasteiger partial charge in [0.1, 0.15) is 24.2 Å². The van der Waals surface area contributed by atoms with E-state index in [9.17, 15) is 9.90 Å². The normalized spacial score (nSPS) is 16.7. The number of methoxy groups -OCH3 is 1. The highest BCUT2D eigenvalue weighted by atomic mass is 32.1. The van der Waals surface area contributed by atoms with Crippen molar-refractivity contribution in [2.45, 2.75) is 25.0 Å². The van der Waals surface area contributed by atoms with Gasteiger partial charge >= 0.3 is 0 Å². The average molecular weight is 391 g/mol. The second kappa shape index (κ2) is 9.73. The van der Waals surface area contributed by atoms with Crippen LogP contribution in [-0.2, 0) is 0 Å². The smallest absolute Gasteiger partial charge is 0.252 e. The highest BCUT2D eigenvalue weighted by molar-refractivity contribution is 7.08. The number of benzene rings is 1. The number of β-amino-alcohol motifs (C(OH)–C–C–N with tert-alkyl or cyclic N) is 1. The van der Waals surface area contributed by atoms with E-state index in [2.05, 4.69) is 10.2 Å². The third-order valence-electron chi connectivity index (χ3n) is 4.68. The summed E-state index contributed by atoms with van der Waals surface area (Å²) in [5.74, 6) is 1.49. The lowest BCUT2D eigenvalue weighted by atomic mass is 10.0. The summed E-state index contributed by atoms with van der Waals surface area (Å²) in [6, 6.07) is 9.35. The van der Waals surface area contributed by atoms with E-state index in [0.717, 1.165) is 37.2 Å². The molecular weight excluding hydrogens is 364 g/mol. The van der Waals surface area contributed by atoms with Gasteiger partial charge in [0.05, 0.1) is 7.11 Å². The number of hydrogen-bond acceptors (Lipinski definition) is 6. The maximum atomic E-state index is 12.1. The van der Waals surface area contributed by atoms with E-state index in [4.69, 9.17) is 9.47 Å². The number of piperidine rings is 1. The fourth-order valence-electron chi connectivity index (χ4n) is 3.14. The summed E-state index contributed by atoms with van der Waals surface area (Å²) < 4.78 is 10.7. The van der Waals surface area contributed by atoms with E-state index in [-0.39, 0.29) is 18.6 Å². The summed E-state index contributed by atoms with van der Waals surface area (Å²) >= 11 is 1.53. The summed E-state index contributed by atoms with van der Waals surface area (Å²) in [6.45, 7) is 2.53. The number of nitrogens with one attached hydrogen (secondary N) is 1. The summed E-state index contributed by atoms with van der Waals surface area (Å²) in [4.78, 5) is 14.3. The summed E-state index contributed by atoms with van der Waals surface area (Å²) in [6.07, 6.45) is 1.23. The van der Waals surface area contributed by atoms with Crippen LogP contribution in [0.15, 0.2) is 41.1 Å². The van der Waals surface area contributed by atoms with Gasteiger partial charge in [-0.1, -0.05) is 0 Å². The molecule has 2 heterocycles. The van der Waals surface area contributed by atoms with E-state index >= 15 is 0 Å². The summed E-state index contributed by atoms with van der Waals surface area (Å²) in [5.41, 5.74) is 0.730. The van der Waals surface area contributed by atoms with Crippen molar-refractivity contribution in [1.82, 2.24) is 10.2 Å². The lowest BCUT2D eigenvalue weighted by molar-refractivity contribution is 0.0568. The maximum Gasteiger partial charge on any atom is 0.252 e. The van der Waals surface area contributed by atoms with Gasteiger partial charge in [-0.25, -0.2) is 0 Å². The molecule has 1 fully saturated rings. The standard InChI is InChI=1S/C20H26N2O4S/c1-25-18-2-4-19(5-3-18)26-13-17(23)12-22-9-6-16(7-10-22)21-20(24)15-8-11-27-14-15/h2-5,8,11,14,16-17,23H,6-7,9-10,12-13H2,1H3,(H,21,24). The molecule has 0 radical (unpaired) electrons. The number of rotatable bonds is 8. The second-order valence-electron chi connectivity index (χ2n) is 6.70. The third kappa shape index (κ3) is 5.95. The van der Waals surface area contributed by atoms with Gasteiger partial charge < -0.3 is 24.8 Å². The quantitative estimate of drug-likeness (QED) is 0.724. The Labute approximate surface area is 163 Å². The van der Waals surface area contributed by atoms with Crippen molar-refractivity contribution in [3.8, 4) is 11.5 Å². The Kier molecular flexibility index (Phi) is 7.09. The van der Waals surface area contributed by atoms with Crippen LogP contribution in [-0.4, -0.2) is 61.4 Å². The Bertz CT molecular complexity index is 697. The maximum absolute atomic E-state index is 12.1. The first kappa shape index (κ1) is 19.7. The first-order chi connectivity index (χ1) is 13.1. The molecular formula is C20H26N2O4S. The SMILES string of the molecule is COc1ccc(OCC(O)CN2CCC(NC(=O)c3ccsc3)CC2)cc1. The largest absolute Gasteiger partial charge is 0.497 e. The molecule has 6 nitrogen and oxygen atoms in total. The minimum Gasteiger partial charge on any atom is -0.497 e. The number of carbonyl (C=O) groups is 1. The van der Waals surface area contributed by atoms with Crippen LogP contribution in [0.25, 0.3) is 0 Å². The molecule has 0 spiro atoms. The molecule has 2 N–H and O–H groups in total. The van der Waals surface area contributed by atoms with Crippen LogP contribution >= 0.6 is 11.3 Å². The van der Waals surface area contributed by atoms with E-state index in [1.807, 2.05) is 41.1 Å². The Balaban J connectivity index is 1.35. The molecule has 146 valence electrons. The summed E-state index contributed by atoms with van der Waals surface area (Å²) in [7, 11) is 1.62. The number of amides is 1. The Morgan fingerprint density at radius 3 is 2.59 bits per heavy atom. The highest BCUT2D eigenvalue weighted by Gasteiger charge is 2.22. The first-order valence-electron chi connectivity index (χ1n) is 9.14. The Morgan fingerprint density at radius 1 is 1.26 bits per heavy atom. The number of thiophene rings is 1. The fourth-order valence-corrected chi connectivity index (χ4v) is 3.77. The fraction of sp³-hybridized carbons (Fsp3) is 0.450. The number of ether oxygens (including phenoxy) is 2. The predicted molar refractivity (Wildman–Crippen MR) is 106 cm³/mol. The molecule has 1 amide bonds. The van der Waals surface area contributed by atoms with Gasteiger partial charge in [0.25, 0.3) is 5.91 Å². The van der Waals surface area contributed by atoms with E-state index in [0.29, 0.717) is 12.3 Å². The minimum atomic E-state index is -0.552. The van der Waals surface area contributed by atoms with Gasteiger partial charge in [0.2, 0.25) is 0 Å². The summed E-state index contributed by atoms with van der Waals surface area (Å²) in [5, 5.41) is 17.1. The van der Waals surface area contributed by atoms with Crippen LogP contribution in [0.3, 0.4) is 0 Å². The van der Waals surface area contributed by atoms with E-state index in [1.165, 1.54) is 11.3 Å². The topological polar surface area (TPSA) is 71.0 Å². The van der Waals surface area contributed by atoms with E-state index < -0.39 is 6.10 Å². The second-order valence-corrected chi connectivity index (χ2v) is 7.48. The first-order valence-corrected chi connectivity index (χ1v) is 10.1. The van der Waals surface area contributed by atoms with Crippen LogP contribution in [0.2, 0.25) is 0 Å². The van der Waals surface area contributed by atoms with Gasteiger partial charge in [0.15, 0.2) is 0 Å². The number of aliphatic hydroxyl groups excluding tert-OH is 1. The Morgan fingerprint density at radius 2 is 1.96 bits per heavy atom. The molecule has 1 aromatic heterocycles. The minimum absolute atomic E-state index is 0.00243. The van der Waals surface area contributed by atoms with Crippen LogP contribution in [0.4, 0.5) is 0 Å². The van der Waals surface area contributed by atoms with Gasteiger partial charge in [-0.15, -0.1) is 0 Å². The van der Waals surface area contributed by atoms with Gasteiger partial charge in [-0.05, 0) is 48.6 Å². The number of carbonyl (C=O) groups excluding carboxylic acids is 1. The van der Waals surface area contributed by atoms with Crippen molar-refractivity contribution in [3.63, 3.8) is 0 Å². The molecule has 1 aliphatic rings. The predicted octanol–water partition coefficient (Wildman–Crippen LogP) is 2.39. The Hall–Kier alpha value is -2.09. The molecule has 0 aliphatic carbocycles. The zero-order chi connectivity index (χ0) is 19.1. The third-order valence-corrected chi connectivity index (χ3v) is 5.36. The van der Waals surface area contributed by atoms with Gasteiger partial charge in [-0.3, -0.25) is 4.79 Å². The van der Waals surface area contributed by atoms with Gasteiger partial charge in [-0.2, -0.15) is 11.3 Å². The lowest BCUT2D eigenvalue weighted by Crippen LogP contribution is -2.47. The highest BCUT2D eigenvalue weighted by Crippen LogP contribution is 2.17. The van der Waals surface area contributed by atoms with Gasteiger partial charge in [0, 0.05) is 36.6 Å². The zero-order valence-corrected chi connectivity index (χ0v) is 16.3. The zero-order valence-electron chi connectivity index (χ0n) is 15.5. The van der Waals surface area contributed by atoms with Crippen molar-refractivity contribution in [1.29, 1.82) is 0 Å². The van der Waals surface area contributed by atoms with Crippen molar-refractivity contribution >= 4 is 17.2 Å². The average Bonchev–Trinajstić information content (AvgIpc) is 3.23. The monoisotopic (exact) mass is 390 g/mol. The van der Waals surface area contributed by atoms with Crippen molar-refractivity contribution in [2.75, 3.05) is 33.4 Å². The van der Waals surface area contributed by atoms with Crippen LogP contribution in [0.5, 0.6) is 11.5 Å². The van der Waals surface area contributed by atoms with Crippen LogP contribution in [0.1, 0.15) is 23.2 Å². The number of nitrogens with zero attached hydrogens (tertiary/aromatic N) is 1. The number of hydrogen-bond donors (Lipinski definition) is 2. The molecule has 0 saturated carbocycles. The molecule has 1 aliphatic heterocycles. The molecule has 0 bridgehead atoms. The van der Waals surface area contributed by atoms with Crippen molar-refractivity contribution in [3.05, 3.63) is 46.7 Å².